The largest absolute Gasteiger partial charge is 0.396 e. The first-order valence-corrected chi connectivity index (χ1v) is 7.88. The molecule has 1 aliphatic carbocycles. The molecule has 0 unspecified atom stereocenters. The maximum Gasteiger partial charge on any atom is 0.279 e. The van der Waals surface area contributed by atoms with Crippen LogP contribution in [-0.2, 0) is 10.2 Å². The zero-order valence-electron chi connectivity index (χ0n) is 10.2. The minimum Gasteiger partial charge on any atom is -0.396 e. The number of aliphatic hydroxyl groups is 1. The van der Waals surface area contributed by atoms with Gasteiger partial charge in [0.2, 0.25) is 0 Å². The molecule has 6 heteroatoms. The first-order valence-electron chi connectivity index (χ1n) is 6.44. The Hall–Kier alpha value is -0.170. The van der Waals surface area contributed by atoms with Gasteiger partial charge in [-0.2, -0.15) is 12.7 Å². The molecule has 0 aromatic heterocycles. The topological polar surface area (TPSA) is 69.6 Å². The highest BCUT2D eigenvalue weighted by atomic mass is 32.2. The van der Waals surface area contributed by atoms with Crippen LogP contribution in [0.15, 0.2) is 0 Å². The molecule has 17 heavy (non-hydrogen) atoms. The molecule has 2 rings (SSSR count). The average molecular weight is 262 g/mol. The molecule has 2 fully saturated rings. The standard InChI is InChI=1S/C11H22N2O3S/c14-10-11(5-6-11)9-12-17(15,16)13-7-3-1-2-4-8-13/h12,14H,1-10H2. The highest BCUT2D eigenvalue weighted by Gasteiger charge is 2.43. The van der Waals surface area contributed by atoms with E-state index in [-0.39, 0.29) is 12.0 Å². The zero-order valence-corrected chi connectivity index (χ0v) is 11.0. The lowest BCUT2D eigenvalue weighted by atomic mass is 10.1. The smallest absolute Gasteiger partial charge is 0.279 e. The van der Waals surface area contributed by atoms with Gasteiger partial charge in [-0.25, -0.2) is 4.72 Å². The van der Waals surface area contributed by atoms with Gasteiger partial charge in [0.25, 0.3) is 10.2 Å². The summed E-state index contributed by atoms with van der Waals surface area (Å²) >= 11 is 0. The summed E-state index contributed by atoms with van der Waals surface area (Å²) in [5, 5.41) is 9.16. The van der Waals surface area contributed by atoms with Crippen LogP contribution >= 0.6 is 0 Å². The molecule has 5 nitrogen and oxygen atoms in total. The fourth-order valence-electron chi connectivity index (χ4n) is 2.19. The number of nitrogens with zero attached hydrogens (tertiary/aromatic N) is 1. The van der Waals surface area contributed by atoms with Gasteiger partial charge >= 0.3 is 0 Å². The Morgan fingerprint density at radius 2 is 1.71 bits per heavy atom. The Labute approximate surface area is 103 Å². The van der Waals surface area contributed by atoms with E-state index in [9.17, 15) is 8.42 Å². The molecule has 0 bridgehead atoms. The fraction of sp³-hybridized carbons (Fsp3) is 1.00. The van der Waals surface area contributed by atoms with E-state index in [4.69, 9.17) is 5.11 Å². The van der Waals surface area contributed by atoms with Crippen molar-refractivity contribution in [3.8, 4) is 0 Å². The third-order valence-electron chi connectivity index (χ3n) is 3.83. The number of hydrogen-bond acceptors (Lipinski definition) is 3. The second-order valence-electron chi connectivity index (χ2n) is 5.30. The molecule has 100 valence electrons. The van der Waals surface area contributed by atoms with Crippen molar-refractivity contribution in [2.45, 2.75) is 38.5 Å². The molecule has 1 saturated carbocycles. The van der Waals surface area contributed by atoms with Crippen LogP contribution in [0.4, 0.5) is 0 Å². The Balaban J connectivity index is 1.88. The lowest BCUT2D eigenvalue weighted by molar-refractivity contribution is 0.212. The van der Waals surface area contributed by atoms with Gasteiger partial charge in [-0.3, -0.25) is 0 Å². The third-order valence-corrected chi connectivity index (χ3v) is 5.38. The van der Waals surface area contributed by atoms with Crippen molar-refractivity contribution in [3.05, 3.63) is 0 Å². The van der Waals surface area contributed by atoms with Crippen molar-refractivity contribution in [1.82, 2.24) is 9.03 Å². The molecule has 1 heterocycles. The van der Waals surface area contributed by atoms with Gasteiger partial charge in [-0.15, -0.1) is 0 Å². The molecule has 0 aromatic rings. The zero-order chi connectivity index (χ0) is 12.4. The maximum atomic E-state index is 12.1. The Kier molecular flexibility index (Phi) is 4.07. The van der Waals surface area contributed by atoms with Gasteiger partial charge < -0.3 is 5.11 Å². The molecular weight excluding hydrogens is 240 g/mol. The van der Waals surface area contributed by atoms with E-state index in [0.717, 1.165) is 38.5 Å². The number of rotatable bonds is 5. The van der Waals surface area contributed by atoms with E-state index in [1.54, 1.807) is 4.31 Å². The summed E-state index contributed by atoms with van der Waals surface area (Å²) < 4.78 is 28.3. The Bertz CT molecular complexity index is 344. The monoisotopic (exact) mass is 262 g/mol. The second-order valence-corrected chi connectivity index (χ2v) is 7.05. The molecule has 0 amide bonds. The summed E-state index contributed by atoms with van der Waals surface area (Å²) in [4.78, 5) is 0. The SMILES string of the molecule is O=S(=O)(NCC1(CO)CC1)N1CCCCCC1. The predicted molar refractivity (Wildman–Crippen MR) is 65.7 cm³/mol. The van der Waals surface area contributed by atoms with Gasteiger partial charge in [0.05, 0.1) is 0 Å². The highest BCUT2D eigenvalue weighted by Crippen LogP contribution is 2.44. The van der Waals surface area contributed by atoms with Crippen molar-refractivity contribution in [3.63, 3.8) is 0 Å². The fourth-order valence-corrected chi connectivity index (χ4v) is 3.60. The molecule has 0 radical (unpaired) electrons. The Morgan fingerprint density at radius 3 is 2.18 bits per heavy atom. The van der Waals surface area contributed by atoms with Crippen LogP contribution in [0.25, 0.3) is 0 Å². The molecular formula is C11H22N2O3S. The number of aliphatic hydroxyl groups excluding tert-OH is 1. The summed E-state index contributed by atoms with van der Waals surface area (Å²) in [6.45, 7) is 1.71. The molecule has 2 aliphatic rings. The number of nitrogens with one attached hydrogen (secondary N) is 1. The molecule has 1 aliphatic heterocycles. The summed E-state index contributed by atoms with van der Waals surface area (Å²) in [6.07, 6.45) is 5.98. The van der Waals surface area contributed by atoms with Crippen LogP contribution in [0.1, 0.15) is 38.5 Å². The van der Waals surface area contributed by atoms with E-state index >= 15 is 0 Å². The van der Waals surface area contributed by atoms with E-state index in [1.807, 2.05) is 0 Å². The molecule has 1 saturated heterocycles. The minimum atomic E-state index is -3.34. The quantitative estimate of drug-likeness (QED) is 0.756. The van der Waals surface area contributed by atoms with E-state index < -0.39 is 10.2 Å². The third kappa shape index (κ3) is 3.40. The van der Waals surface area contributed by atoms with Crippen LogP contribution < -0.4 is 4.72 Å². The van der Waals surface area contributed by atoms with Crippen LogP contribution in [-0.4, -0.2) is 44.1 Å². The summed E-state index contributed by atoms with van der Waals surface area (Å²) in [5.74, 6) is 0. The highest BCUT2D eigenvalue weighted by molar-refractivity contribution is 7.87. The van der Waals surface area contributed by atoms with Crippen molar-refractivity contribution in [2.24, 2.45) is 5.41 Å². The molecule has 0 spiro atoms. The lowest BCUT2D eigenvalue weighted by Crippen LogP contribution is -2.43. The van der Waals surface area contributed by atoms with Crippen LogP contribution in [0.2, 0.25) is 0 Å². The van der Waals surface area contributed by atoms with E-state index in [2.05, 4.69) is 4.72 Å². The average Bonchev–Trinajstić information content (AvgIpc) is 3.12. The summed E-state index contributed by atoms with van der Waals surface area (Å²) in [5.41, 5.74) is -0.168. The summed E-state index contributed by atoms with van der Waals surface area (Å²) in [7, 11) is -3.34. The Morgan fingerprint density at radius 1 is 1.12 bits per heavy atom. The van der Waals surface area contributed by atoms with Gasteiger partial charge in [0.1, 0.15) is 0 Å². The van der Waals surface area contributed by atoms with Crippen molar-refractivity contribution >= 4 is 10.2 Å². The van der Waals surface area contributed by atoms with E-state index in [0.29, 0.717) is 19.6 Å². The second kappa shape index (κ2) is 5.22. The predicted octanol–water partition coefficient (Wildman–Crippen LogP) is 0.469. The van der Waals surface area contributed by atoms with E-state index in [1.165, 1.54) is 0 Å². The minimum absolute atomic E-state index is 0.0789. The summed E-state index contributed by atoms with van der Waals surface area (Å²) in [6, 6.07) is 0. The molecule has 0 aromatic carbocycles. The van der Waals surface area contributed by atoms with Gasteiger partial charge in [-0.1, -0.05) is 12.8 Å². The first-order chi connectivity index (χ1) is 8.08. The van der Waals surface area contributed by atoms with Crippen LogP contribution in [0, 0.1) is 5.41 Å². The van der Waals surface area contributed by atoms with Gasteiger partial charge in [0, 0.05) is 31.7 Å². The molecule has 2 N–H and O–H groups in total. The van der Waals surface area contributed by atoms with Crippen molar-refractivity contribution in [2.75, 3.05) is 26.2 Å². The van der Waals surface area contributed by atoms with Gasteiger partial charge in [-0.05, 0) is 25.7 Å². The van der Waals surface area contributed by atoms with Crippen molar-refractivity contribution in [1.29, 1.82) is 0 Å². The maximum absolute atomic E-state index is 12.1. The van der Waals surface area contributed by atoms with Gasteiger partial charge in [0.15, 0.2) is 0 Å². The van der Waals surface area contributed by atoms with Crippen LogP contribution in [0.5, 0.6) is 0 Å². The first kappa shape index (κ1) is 13.3. The lowest BCUT2D eigenvalue weighted by Gasteiger charge is -2.22. The molecule has 0 atom stereocenters. The normalized spacial score (nSPS) is 25.5. The van der Waals surface area contributed by atoms with Crippen LogP contribution in [0.3, 0.4) is 0 Å². The number of hydrogen-bond donors (Lipinski definition) is 2. The van der Waals surface area contributed by atoms with Crippen molar-refractivity contribution < 1.29 is 13.5 Å².